The molecule has 0 saturated heterocycles. The molecule has 146 valence electrons. The van der Waals surface area contributed by atoms with Gasteiger partial charge in [-0.25, -0.2) is 0 Å². The van der Waals surface area contributed by atoms with Crippen LogP contribution in [0.5, 0.6) is 0 Å². The Morgan fingerprint density at radius 2 is 1.67 bits per heavy atom. The SMILES string of the molecule is Cc1ccc([C@H](OC[C@@H](O)C[NH2+][C@@H]2CCCC[C@@H]2C)c2ccccc2)cc1. The van der Waals surface area contributed by atoms with Crippen LogP contribution in [0.2, 0.25) is 0 Å². The average molecular weight is 369 g/mol. The zero-order chi connectivity index (χ0) is 19.1. The van der Waals surface area contributed by atoms with Crippen LogP contribution in [0, 0.1) is 12.8 Å². The van der Waals surface area contributed by atoms with Gasteiger partial charge in [0.25, 0.3) is 0 Å². The molecule has 4 atom stereocenters. The van der Waals surface area contributed by atoms with Gasteiger partial charge in [0.15, 0.2) is 0 Å². The molecule has 1 aliphatic carbocycles. The van der Waals surface area contributed by atoms with Crippen molar-refractivity contribution in [1.29, 1.82) is 0 Å². The van der Waals surface area contributed by atoms with E-state index in [-0.39, 0.29) is 6.10 Å². The molecule has 1 aliphatic rings. The summed E-state index contributed by atoms with van der Waals surface area (Å²) in [5.41, 5.74) is 3.49. The molecule has 1 saturated carbocycles. The molecule has 3 N–H and O–H groups in total. The molecule has 0 aliphatic heterocycles. The van der Waals surface area contributed by atoms with Crippen LogP contribution in [-0.2, 0) is 4.74 Å². The third-order valence-corrected chi connectivity index (χ3v) is 5.83. The Labute approximate surface area is 163 Å². The van der Waals surface area contributed by atoms with Gasteiger partial charge in [-0.1, -0.05) is 73.5 Å². The van der Waals surface area contributed by atoms with E-state index in [1.54, 1.807) is 0 Å². The number of benzene rings is 2. The second-order valence-corrected chi connectivity index (χ2v) is 8.09. The minimum atomic E-state index is -0.448. The molecule has 0 aromatic heterocycles. The molecule has 3 rings (SSSR count). The van der Waals surface area contributed by atoms with Crippen molar-refractivity contribution in [3.05, 3.63) is 71.3 Å². The summed E-state index contributed by atoms with van der Waals surface area (Å²) in [5, 5.41) is 12.8. The van der Waals surface area contributed by atoms with E-state index in [2.05, 4.69) is 55.6 Å². The maximum absolute atomic E-state index is 10.5. The van der Waals surface area contributed by atoms with E-state index in [1.165, 1.54) is 31.2 Å². The van der Waals surface area contributed by atoms with Crippen LogP contribution in [0.25, 0.3) is 0 Å². The quantitative estimate of drug-likeness (QED) is 0.748. The first-order valence-corrected chi connectivity index (χ1v) is 10.4. The zero-order valence-electron chi connectivity index (χ0n) is 16.7. The Morgan fingerprint density at radius 1 is 1.00 bits per heavy atom. The van der Waals surface area contributed by atoms with Crippen LogP contribution in [0.1, 0.15) is 55.4 Å². The summed E-state index contributed by atoms with van der Waals surface area (Å²) in [5.74, 6) is 0.747. The average Bonchev–Trinajstić information content (AvgIpc) is 2.69. The van der Waals surface area contributed by atoms with Gasteiger partial charge in [-0.15, -0.1) is 0 Å². The van der Waals surface area contributed by atoms with Crippen molar-refractivity contribution in [2.45, 2.75) is 57.8 Å². The molecule has 3 nitrogen and oxygen atoms in total. The first kappa shape index (κ1) is 20.1. The number of ether oxygens (including phenoxy) is 1. The number of nitrogens with two attached hydrogens (primary N) is 1. The molecule has 3 heteroatoms. The Hall–Kier alpha value is -1.68. The highest BCUT2D eigenvalue weighted by Gasteiger charge is 2.25. The largest absolute Gasteiger partial charge is 0.385 e. The number of rotatable bonds is 8. The van der Waals surface area contributed by atoms with Gasteiger partial charge < -0.3 is 15.2 Å². The number of hydrogen-bond donors (Lipinski definition) is 2. The van der Waals surface area contributed by atoms with Crippen molar-refractivity contribution in [1.82, 2.24) is 0 Å². The van der Waals surface area contributed by atoms with E-state index in [4.69, 9.17) is 4.74 Å². The second kappa shape index (κ2) is 10.0. The molecule has 0 amide bonds. The first-order chi connectivity index (χ1) is 13.1. The molecular formula is C24H34NO2+. The lowest BCUT2D eigenvalue weighted by molar-refractivity contribution is -0.703. The van der Waals surface area contributed by atoms with Gasteiger partial charge in [0, 0.05) is 5.92 Å². The smallest absolute Gasteiger partial charge is 0.126 e. The molecular weight excluding hydrogens is 334 g/mol. The molecule has 0 radical (unpaired) electrons. The number of aryl methyl sites for hydroxylation is 1. The predicted molar refractivity (Wildman–Crippen MR) is 110 cm³/mol. The second-order valence-electron chi connectivity index (χ2n) is 8.09. The van der Waals surface area contributed by atoms with Gasteiger partial charge in [-0.2, -0.15) is 0 Å². The van der Waals surface area contributed by atoms with E-state index in [1.807, 2.05) is 18.2 Å². The van der Waals surface area contributed by atoms with Crippen molar-refractivity contribution in [3.8, 4) is 0 Å². The third-order valence-electron chi connectivity index (χ3n) is 5.83. The molecule has 0 spiro atoms. The topological polar surface area (TPSA) is 46.1 Å². The maximum atomic E-state index is 10.5. The lowest BCUT2D eigenvalue weighted by atomic mass is 9.86. The summed E-state index contributed by atoms with van der Waals surface area (Å²) < 4.78 is 6.21. The first-order valence-electron chi connectivity index (χ1n) is 10.4. The monoisotopic (exact) mass is 368 g/mol. The molecule has 0 unspecified atom stereocenters. The molecule has 2 aromatic carbocycles. The summed E-state index contributed by atoms with van der Waals surface area (Å²) in [6, 6.07) is 19.4. The van der Waals surface area contributed by atoms with Crippen molar-refractivity contribution in [2.24, 2.45) is 5.92 Å². The minimum Gasteiger partial charge on any atom is -0.385 e. The van der Waals surface area contributed by atoms with Crippen LogP contribution >= 0.6 is 0 Å². The van der Waals surface area contributed by atoms with E-state index in [9.17, 15) is 5.11 Å². The summed E-state index contributed by atoms with van der Waals surface area (Å²) in [4.78, 5) is 0. The van der Waals surface area contributed by atoms with Gasteiger partial charge in [0.05, 0.1) is 12.6 Å². The van der Waals surface area contributed by atoms with E-state index >= 15 is 0 Å². The molecule has 1 fully saturated rings. The lowest BCUT2D eigenvalue weighted by Crippen LogP contribution is -2.93. The number of quaternary nitrogens is 1. The Balaban J connectivity index is 1.58. The van der Waals surface area contributed by atoms with Crippen molar-refractivity contribution < 1.29 is 15.2 Å². The van der Waals surface area contributed by atoms with Gasteiger partial charge in [0.2, 0.25) is 0 Å². The Kier molecular flexibility index (Phi) is 7.45. The third kappa shape index (κ3) is 5.90. The van der Waals surface area contributed by atoms with Crippen molar-refractivity contribution in [3.63, 3.8) is 0 Å². The van der Waals surface area contributed by atoms with Crippen molar-refractivity contribution in [2.75, 3.05) is 13.2 Å². The molecule has 0 bridgehead atoms. The minimum absolute atomic E-state index is 0.143. The highest BCUT2D eigenvalue weighted by Crippen LogP contribution is 2.26. The highest BCUT2D eigenvalue weighted by atomic mass is 16.5. The van der Waals surface area contributed by atoms with E-state index in [0.717, 1.165) is 17.0 Å². The van der Waals surface area contributed by atoms with Crippen LogP contribution in [0.4, 0.5) is 0 Å². The highest BCUT2D eigenvalue weighted by molar-refractivity contribution is 5.31. The standard InChI is InChI=1S/C24H33NO2/c1-18-12-14-21(15-13-18)24(20-9-4-3-5-10-20)27-17-22(26)16-25-23-11-7-6-8-19(23)2/h3-5,9-10,12-15,19,22-26H,6-8,11,16-17H2,1-2H3/p+1/t19-,22-,23+,24+/m0/s1. The fourth-order valence-corrected chi connectivity index (χ4v) is 4.06. The van der Waals surface area contributed by atoms with E-state index in [0.29, 0.717) is 19.2 Å². The summed E-state index contributed by atoms with van der Waals surface area (Å²) in [6.07, 6.45) is 4.67. The lowest BCUT2D eigenvalue weighted by Gasteiger charge is -2.27. The van der Waals surface area contributed by atoms with Crippen LogP contribution in [0.3, 0.4) is 0 Å². The molecule has 0 heterocycles. The van der Waals surface area contributed by atoms with Crippen molar-refractivity contribution >= 4 is 0 Å². The normalized spacial score (nSPS) is 22.3. The fourth-order valence-electron chi connectivity index (χ4n) is 4.06. The molecule has 27 heavy (non-hydrogen) atoms. The fraction of sp³-hybridized carbons (Fsp3) is 0.500. The predicted octanol–water partition coefficient (Wildman–Crippen LogP) is 3.60. The summed E-state index contributed by atoms with van der Waals surface area (Å²) in [7, 11) is 0. The van der Waals surface area contributed by atoms with Gasteiger partial charge in [-0.3, -0.25) is 0 Å². The zero-order valence-corrected chi connectivity index (χ0v) is 16.7. The van der Waals surface area contributed by atoms with Crippen LogP contribution in [0.15, 0.2) is 54.6 Å². The number of hydrogen-bond acceptors (Lipinski definition) is 2. The summed E-state index contributed by atoms with van der Waals surface area (Å²) >= 11 is 0. The van der Waals surface area contributed by atoms with Gasteiger partial charge in [0.1, 0.15) is 18.8 Å². The van der Waals surface area contributed by atoms with E-state index < -0.39 is 6.10 Å². The summed E-state index contributed by atoms with van der Waals surface area (Å²) in [6.45, 7) is 5.50. The van der Waals surface area contributed by atoms with Crippen LogP contribution < -0.4 is 5.32 Å². The van der Waals surface area contributed by atoms with Gasteiger partial charge >= 0.3 is 0 Å². The van der Waals surface area contributed by atoms with Gasteiger partial charge in [-0.05, 0) is 37.3 Å². The Morgan fingerprint density at radius 3 is 2.37 bits per heavy atom. The number of aliphatic hydroxyl groups is 1. The van der Waals surface area contributed by atoms with Crippen LogP contribution in [-0.4, -0.2) is 30.4 Å². The Bertz CT molecular complexity index is 671. The molecule has 2 aromatic rings. The number of aliphatic hydroxyl groups excluding tert-OH is 1. The maximum Gasteiger partial charge on any atom is 0.126 e.